The lowest BCUT2D eigenvalue weighted by Gasteiger charge is -2.33. The van der Waals surface area contributed by atoms with E-state index in [1.54, 1.807) is 12.3 Å². The van der Waals surface area contributed by atoms with Crippen LogP contribution in [0.1, 0.15) is 67.2 Å². The molecule has 0 aromatic carbocycles. The Morgan fingerprint density at radius 3 is 2.57 bits per heavy atom. The Bertz CT molecular complexity index is 563. The van der Waals surface area contributed by atoms with Gasteiger partial charge in [-0.25, -0.2) is 14.8 Å². The molecule has 6 heteroatoms. The number of carboxylic acid groups (broad SMARTS) is 1. The number of aromatic nitrogens is 2. The highest BCUT2D eigenvalue weighted by Gasteiger charge is 2.41. The summed E-state index contributed by atoms with van der Waals surface area (Å²) in [7, 11) is 0. The monoisotopic (exact) mass is 289 g/mol. The van der Waals surface area contributed by atoms with Gasteiger partial charge in [-0.05, 0) is 31.7 Å². The van der Waals surface area contributed by atoms with Crippen LogP contribution in [0, 0.1) is 0 Å². The van der Waals surface area contributed by atoms with Crippen LogP contribution in [-0.4, -0.2) is 32.5 Å². The predicted octanol–water partition coefficient (Wildman–Crippen LogP) is 1.87. The molecule has 1 aromatic rings. The van der Waals surface area contributed by atoms with Crippen LogP contribution in [0.5, 0.6) is 0 Å². The van der Waals surface area contributed by atoms with Gasteiger partial charge in [-0.15, -0.1) is 0 Å². The standard InChI is InChI=1S/C15H19N3O3/c19-13(11-6-9-16-12(17-11)10-4-5-10)18-15(14(20)21)7-2-1-3-8-15/h6,9-10H,1-5,7-8H2,(H,18,19)(H,20,21). The minimum atomic E-state index is -1.14. The van der Waals surface area contributed by atoms with Gasteiger partial charge >= 0.3 is 5.97 Å². The maximum Gasteiger partial charge on any atom is 0.329 e. The SMILES string of the molecule is O=C(NC1(C(=O)O)CCCCC1)c1ccnc(C2CC2)n1. The second-order valence-electron chi connectivity index (χ2n) is 5.98. The van der Waals surface area contributed by atoms with Gasteiger partial charge in [0.1, 0.15) is 17.1 Å². The molecule has 0 unspecified atom stereocenters. The fourth-order valence-electron chi connectivity index (χ4n) is 2.87. The lowest BCUT2D eigenvalue weighted by Crippen LogP contribution is -2.55. The van der Waals surface area contributed by atoms with Gasteiger partial charge in [-0.2, -0.15) is 0 Å². The summed E-state index contributed by atoms with van der Waals surface area (Å²) in [5.74, 6) is -0.313. The highest BCUT2D eigenvalue weighted by molar-refractivity contribution is 5.96. The average molecular weight is 289 g/mol. The number of carbonyl (C=O) groups is 2. The molecule has 0 saturated heterocycles. The Kier molecular flexibility index (Phi) is 3.61. The maximum atomic E-state index is 12.4. The summed E-state index contributed by atoms with van der Waals surface area (Å²) in [5, 5.41) is 12.2. The molecule has 6 nitrogen and oxygen atoms in total. The summed E-state index contributed by atoms with van der Waals surface area (Å²) >= 11 is 0. The molecular formula is C15H19N3O3. The summed E-state index contributed by atoms with van der Waals surface area (Å²) in [6.45, 7) is 0. The third-order valence-corrected chi connectivity index (χ3v) is 4.32. The third-order valence-electron chi connectivity index (χ3n) is 4.32. The smallest absolute Gasteiger partial charge is 0.329 e. The van der Waals surface area contributed by atoms with Crippen molar-refractivity contribution >= 4 is 11.9 Å². The van der Waals surface area contributed by atoms with E-state index < -0.39 is 17.4 Å². The Labute approximate surface area is 123 Å². The molecule has 2 aliphatic rings. The Balaban J connectivity index is 1.77. The minimum Gasteiger partial charge on any atom is -0.480 e. The van der Waals surface area contributed by atoms with E-state index in [4.69, 9.17) is 0 Å². The Morgan fingerprint density at radius 2 is 1.95 bits per heavy atom. The van der Waals surface area contributed by atoms with Crippen molar-refractivity contribution < 1.29 is 14.7 Å². The van der Waals surface area contributed by atoms with Gasteiger partial charge < -0.3 is 10.4 Å². The molecule has 21 heavy (non-hydrogen) atoms. The average Bonchev–Trinajstić information content (AvgIpc) is 3.33. The van der Waals surface area contributed by atoms with Crippen molar-refractivity contribution in [3.63, 3.8) is 0 Å². The molecule has 2 N–H and O–H groups in total. The largest absolute Gasteiger partial charge is 0.480 e. The fraction of sp³-hybridized carbons (Fsp3) is 0.600. The van der Waals surface area contributed by atoms with Crippen molar-refractivity contribution in [3.8, 4) is 0 Å². The lowest BCUT2D eigenvalue weighted by molar-refractivity contribution is -0.145. The lowest BCUT2D eigenvalue weighted by atomic mass is 9.81. The highest BCUT2D eigenvalue weighted by atomic mass is 16.4. The van der Waals surface area contributed by atoms with Crippen LogP contribution >= 0.6 is 0 Å². The third kappa shape index (κ3) is 2.89. The van der Waals surface area contributed by atoms with Gasteiger partial charge in [0.15, 0.2) is 0 Å². The Morgan fingerprint density at radius 1 is 1.24 bits per heavy atom. The number of nitrogens with zero attached hydrogens (tertiary/aromatic N) is 2. The molecule has 2 saturated carbocycles. The van der Waals surface area contributed by atoms with Crippen LogP contribution in [0.15, 0.2) is 12.3 Å². The molecule has 0 bridgehead atoms. The van der Waals surface area contributed by atoms with Gasteiger partial charge in [0, 0.05) is 12.1 Å². The van der Waals surface area contributed by atoms with Crippen LogP contribution < -0.4 is 5.32 Å². The van der Waals surface area contributed by atoms with Crippen LogP contribution in [0.4, 0.5) is 0 Å². The van der Waals surface area contributed by atoms with Crippen molar-refractivity contribution in [2.24, 2.45) is 0 Å². The summed E-state index contributed by atoms with van der Waals surface area (Å²) in [5.41, 5.74) is -0.877. The molecule has 112 valence electrons. The number of aliphatic carboxylic acids is 1. The molecule has 2 aliphatic carbocycles. The quantitative estimate of drug-likeness (QED) is 0.882. The molecule has 0 aliphatic heterocycles. The predicted molar refractivity (Wildman–Crippen MR) is 74.9 cm³/mol. The van der Waals surface area contributed by atoms with Crippen molar-refractivity contribution in [2.45, 2.75) is 56.4 Å². The zero-order valence-corrected chi connectivity index (χ0v) is 11.8. The number of rotatable bonds is 4. The molecule has 1 aromatic heterocycles. The van der Waals surface area contributed by atoms with Crippen LogP contribution in [0.25, 0.3) is 0 Å². The first kappa shape index (κ1) is 14.0. The zero-order chi connectivity index (χ0) is 14.9. The number of hydrogen-bond acceptors (Lipinski definition) is 4. The van der Waals surface area contributed by atoms with E-state index >= 15 is 0 Å². The van der Waals surface area contributed by atoms with Crippen LogP contribution in [0.3, 0.4) is 0 Å². The molecule has 3 rings (SSSR count). The number of carboxylic acids is 1. The van der Waals surface area contributed by atoms with Crippen molar-refractivity contribution in [1.82, 2.24) is 15.3 Å². The first-order chi connectivity index (χ1) is 10.1. The molecule has 2 fully saturated rings. The summed E-state index contributed by atoms with van der Waals surface area (Å²) in [6, 6.07) is 1.54. The number of carbonyl (C=O) groups excluding carboxylic acids is 1. The molecule has 1 amide bonds. The number of nitrogens with one attached hydrogen (secondary N) is 1. The van der Waals surface area contributed by atoms with Crippen LogP contribution in [-0.2, 0) is 4.79 Å². The van der Waals surface area contributed by atoms with Crippen molar-refractivity contribution in [1.29, 1.82) is 0 Å². The second-order valence-corrected chi connectivity index (χ2v) is 5.98. The molecule has 1 heterocycles. The van der Waals surface area contributed by atoms with Gasteiger partial charge in [-0.1, -0.05) is 19.3 Å². The Hall–Kier alpha value is -1.98. The van der Waals surface area contributed by atoms with E-state index in [0.29, 0.717) is 24.6 Å². The normalized spacial score (nSPS) is 20.8. The van der Waals surface area contributed by atoms with Crippen molar-refractivity contribution in [2.75, 3.05) is 0 Å². The summed E-state index contributed by atoms with van der Waals surface area (Å²) in [4.78, 5) is 32.4. The van der Waals surface area contributed by atoms with Gasteiger partial charge in [0.25, 0.3) is 5.91 Å². The van der Waals surface area contributed by atoms with Gasteiger partial charge in [-0.3, -0.25) is 4.79 Å². The van der Waals surface area contributed by atoms with Gasteiger partial charge in [0.2, 0.25) is 0 Å². The molecule has 0 radical (unpaired) electrons. The highest BCUT2D eigenvalue weighted by Crippen LogP contribution is 2.37. The molecule has 0 spiro atoms. The summed E-state index contributed by atoms with van der Waals surface area (Å²) < 4.78 is 0. The number of amides is 1. The topological polar surface area (TPSA) is 92.2 Å². The van der Waals surface area contributed by atoms with E-state index in [0.717, 1.165) is 32.1 Å². The first-order valence-electron chi connectivity index (χ1n) is 7.50. The van der Waals surface area contributed by atoms with Crippen molar-refractivity contribution in [3.05, 3.63) is 23.8 Å². The first-order valence-corrected chi connectivity index (χ1v) is 7.50. The van der Waals surface area contributed by atoms with E-state index in [1.165, 1.54) is 0 Å². The van der Waals surface area contributed by atoms with E-state index in [1.807, 2.05) is 0 Å². The van der Waals surface area contributed by atoms with Gasteiger partial charge in [0.05, 0.1) is 0 Å². The summed E-state index contributed by atoms with van der Waals surface area (Å²) in [6.07, 6.45) is 7.32. The maximum absolute atomic E-state index is 12.4. The fourth-order valence-corrected chi connectivity index (χ4v) is 2.87. The molecule has 0 atom stereocenters. The molecular weight excluding hydrogens is 270 g/mol. The zero-order valence-electron chi connectivity index (χ0n) is 11.8. The van der Waals surface area contributed by atoms with E-state index in [2.05, 4.69) is 15.3 Å². The minimum absolute atomic E-state index is 0.262. The number of hydrogen-bond donors (Lipinski definition) is 2. The van der Waals surface area contributed by atoms with Crippen LogP contribution in [0.2, 0.25) is 0 Å². The van der Waals surface area contributed by atoms with E-state index in [-0.39, 0.29) is 5.69 Å². The van der Waals surface area contributed by atoms with E-state index in [9.17, 15) is 14.7 Å². The second kappa shape index (κ2) is 5.42.